The molecule has 0 radical (unpaired) electrons. The van der Waals surface area contributed by atoms with Crippen LogP contribution in [0.5, 0.6) is 17.4 Å². The molecule has 9 heteroatoms. The van der Waals surface area contributed by atoms with Crippen LogP contribution in [-0.2, 0) is 4.74 Å². The minimum absolute atomic E-state index is 0.0907. The van der Waals surface area contributed by atoms with Crippen molar-refractivity contribution in [1.82, 2.24) is 19.9 Å². The van der Waals surface area contributed by atoms with E-state index in [0.29, 0.717) is 35.3 Å². The average Bonchev–Trinajstić information content (AvgIpc) is 3.33. The van der Waals surface area contributed by atoms with Gasteiger partial charge in [-0.3, -0.25) is 4.79 Å². The summed E-state index contributed by atoms with van der Waals surface area (Å²) in [5.74, 6) is 1.54. The molecule has 0 aliphatic carbocycles. The summed E-state index contributed by atoms with van der Waals surface area (Å²) >= 11 is 0. The smallest absolute Gasteiger partial charge is 0.251 e. The van der Waals surface area contributed by atoms with E-state index in [1.165, 1.54) is 0 Å². The van der Waals surface area contributed by atoms with Gasteiger partial charge in [-0.1, -0.05) is 6.07 Å². The van der Waals surface area contributed by atoms with Crippen molar-refractivity contribution in [2.75, 3.05) is 31.6 Å². The number of imidazole rings is 1. The van der Waals surface area contributed by atoms with Gasteiger partial charge in [0.1, 0.15) is 11.5 Å². The van der Waals surface area contributed by atoms with E-state index in [1.807, 2.05) is 38.1 Å². The number of phenolic OH excluding ortho intramolecular Hbond substituents is 1. The Kier molecular flexibility index (Phi) is 7.23. The first-order valence-corrected chi connectivity index (χ1v) is 12.6. The highest BCUT2D eigenvalue weighted by Crippen LogP contribution is 2.30. The van der Waals surface area contributed by atoms with Gasteiger partial charge >= 0.3 is 0 Å². The minimum atomic E-state index is -0.0907. The molecule has 9 nitrogen and oxygen atoms in total. The van der Waals surface area contributed by atoms with Crippen LogP contribution in [-0.4, -0.2) is 51.9 Å². The summed E-state index contributed by atoms with van der Waals surface area (Å²) in [4.78, 5) is 17.1. The number of fused-ring (bicyclic) bond motifs is 1. The van der Waals surface area contributed by atoms with E-state index in [9.17, 15) is 9.90 Å². The number of amides is 1. The quantitative estimate of drug-likeness (QED) is 0.318. The molecule has 37 heavy (non-hydrogen) atoms. The van der Waals surface area contributed by atoms with Crippen molar-refractivity contribution < 1.29 is 19.4 Å². The van der Waals surface area contributed by atoms with E-state index in [2.05, 4.69) is 15.6 Å². The second kappa shape index (κ2) is 10.9. The number of aromatic nitrogens is 3. The number of carbonyl (C=O) groups is 1. The molecule has 0 spiro atoms. The number of aromatic hydroxyl groups is 1. The van der Waals surface area contributed by atoms with Crippen LogP contribution in [0.4, 0.5) is 5.69 Å². The van der Waals surface area contributed by atoms with Crippen molar-refractivity contribution in [1.29, 1.82) is 0 Å². The van der Waals surface area contributed by atoms with Gasteiger partial charge in [-0.15, -0.1) is 5.10 Å². The largest absolute Gasteiger partial charge is 0.508 e. The maximum absolute atomic E-state index is 12.4. The minimum Gasteiger partial charge on any atom is -0.508 e. The Bertz CT molecular complexity index is 1390. The number of aryl methyl sites for hydroxylation is 1. The SMILES string of the molecule is CCNC(=O)c1ccc(-c2cnc3c(NCC4CCOCC4)cc(Oc4ccc(O)cc4)nn23)cc1C. The molecule has 1 saturated heterocycles. The monoisotopic (exact) mass is 501 g/mol. The molecule has 4 aromatic rings. The lowest BCUT2D eigenvalue weighted by atomic mass is 10.0. The lowest BCUT2D eigenvalue weighted by Gasteiger charge is -2.22. The Hall–Kier alpha value is -4.11. The Morgan fingerprint density at radius 2 is 1.95 bits per heavy atom. The predicted molar refractivity (Wildman–Crippen MR) is 141 cm³/mol. The first-order chi connectivity index (χ1) is 18.0. The molecular weight excluding hydrogens is 470 g/mol. The summed E-state index contributed by atoms with van der Waals surface area (Å²) in [5, 5.41) is 20.8. The fraction of sp³-hybridized carbons (Fsp3) is 0.321. The summed E-state index contributed by atoms with van der Waals surface area (Å²) in [6, 6.07) is 14.1. The zero-order valence-corrected chi connectivity index (χ0v) is 21.0. The van der Waals surface area contributed by atoms with Crippen molar-refractivity contribution >= 4 is 17.2 Å². The van der Waals surface area contributed by atoms with Crippen molar-refractivity contribution in [3.8, 4) is 28.6 Å². The first-order valence-electron chi connectivity index (χ1n) is 12.6. The lowest BCUT2D eigenvalue weighted by Crippen LogP contribution is -2.23. The number of hydrogen-bond acceptors (Lipinski definition) is 7. The fourth-order valence-electron chi connectivity index (χ4n) is 4.50. The number of anilines is 1. The van der Waals surface area contributed by atoms with Crippen LogP contribution in [0, 0.1) is 12.8 Å². The number of benzene rings is 2. The van der Waals surface area contributed by atoms with Gasteiger partial charge in [0.25, 0.3) is 5.91 Å². The van der Waals surface area contributed by atoms with Gasteiger partial charge in [0, 0.05) is 43.5 Å². The number of nitrogens with zero attached hydrogens (tertiary/aromatic N) is 3. The maximum Gasteiger partial charge on any atom is 0.251 e. The van der Waals surface area contributed by atoms with E-state index in [0.717, 1.165) is 55.1 Å². The third-order valence-electron chi connectivity index (χ3n) is 6.53. The highest BCUT2D eigenvalue weighted by Gasteiger charge is 2.18. The molecular formula is C28H31N5O4. The molecule has 1 fully saturated rings. The summed E-state index contributed by atoms with van der Waals surface area (Å²) in [6.07, 6.45) is 3.82. The molecule has 3 heterocycles. The van der Waals surface area contributed by atoms with Gasteiger partial charge in [0.2, 0.25) is 5.88 Å². The van der Waals surface area contributed by atoms with Crippen molar-refractivity contribution in [3.05, 3.63) is 65.9 Å². The number of rotatable bonds is 8. The molecule has 2 aromatic heterocycles. The number of carbonyl (C=O) groups excluding carboxylic acids is 1. The number of phenols is 1. The molecule has 1 aliphatic heterocycles. The van der Waals surface area contributed by atoms with Crippen LogP contribution in [0.25, 0.3) is 16.9 Å². The number of nitrogens with one attached hydrogen (secondary N) is 2. The highest BCUT2D eigenvalue weighted by atomic mass is 16.5. The van der Waals surface area contributed by atoms with Crippen LogP contribution in [0.3, 0.4) is 0 Å². The zero-order valence-electron chi connectivity index (χ0n) is 21.0. The molecule has 3 N–H and O–H groups in total. The Balaban J connectivity index is 1.51. The predicted octanol–water partition coefficient (Wildman–Crippen LogP) is 4.79. The van der Waals surface area contributed by atoms with Crippen molar-refractivity contribution in [2.24, 2.45) is 5.92 Å². The topological polar surface area (TPSA) is 110 Å². The normalized spacial score (nSPS) is 14.0. The average molecular weight is 502 g/mol. The van der Waals surface area contributed by atoms with Crippen LogP contribution in [0.2, 0.25) is 0 Å². The second-order valence-corrected chi connectivity index (χ2v) is 9.20. The third-order valence-corrected chi connectivity index (χ3v) is 6.53. The van der Waals surface area contributed by atoms with Crippen LogP contribution < -0.4 is 15.4 Å². The van der Waals surface area contributed by atoms with Gasteiger partial charge in [-0.05, 0) is 74.6 Å². The first kappa shape index (κ1) is 24.6. The van der Waals surface area contributed by atoms with E-state index < -0.39 is 0 Å². The summed E-state index contributed by atoms with van der Waals surface area (Å²) in [5.41, 5.74) is 4.69. The van der Waals surface area contributed by atoms with Crippen molar-refractivity contribution in [2.45, 2.75) is 26.7 Å². The molecule has 1 amide bonds. The van der Waals surface area contributed by atoms with E-state index in [1.54, 1.807) is 35.0 Å². The standard InChI is InChI=1S/C28H31N5O4/c1-3-29-28(35)23-9-4-20(14-18(23)2)25-17-31-27-24(30-16-19-10-12-36-13-11-19)15-26(32-33(25)27)37-22-7-5-21(34)6-8-22/h4-9,14-15,17,19,30,34H,3,10-13,16H2,1-2H3,(H,29,35). The summed E-state index contributed by atoms with van der Waals surface area (Å²) in [6.45, 7) is 6.76. The van der Waals surface area contributed by atoms with Gasteiger partial charge in [0.05, 0.1) is 17.6 Å². The summed E-state index contributed by atoms with van der Waals surface area (Å²) in [7, 11) is 0. The van der Waals surface area contributed by atoms with Gasteiger partial charge in [-0.2, -0.15) is 0 Å². The van der Waals surface area contributed by atoms with Crippen molar-refractivity contribution in [3.63, 3.8) is 0 Å². The molecule has 1 aliphatic rings. The van der Waals surface area contributed by atoms with E-state index >= 15 is 0 Å². The highest BCUT2D eigenvalue weighted by molar-refractivity contribution is 5.96. The Morgan fingerprint density at radius 1 is 1.16 bits per heavy atom. The number of hydrogen-bond donors (Lipinski definition) is 3. The van der Waals surface area contributed by atoms with Crippen LogP contribution >= 0.6 is 0 Å². The zero-order chi connectivity index (χ0) is 25.8. The third kappa shape index (κ3) is 5.51. The maximum atomic E-state index is 12.4. The molecule has 0 atom stereocenters. The van der Waals surface area contributed by atoms with Crippen LogP contribution in [0.1, 0.15) is 35.7 Å². The molecule has 0 unspecified atom stereocenters. The lowest BCUT2D eigenvalue weighted by molar-refractivity contribution is 0.0699. The Morgan fingerprint density at radius 3 is 2.68 bits per heavy atom. The fourth-order valence-corrected chi connectivity index (χ4v) is 4.50. The molecule has 192 valence electrons. The molecule has 0 saturated carbocycles. The second-order valence-electron chi connectivity index (χ2n) is 9.20. The van der Waals surface area contributed by atoms with Gasteiger partial charge in [-0.25, -0.2) is 9.50 Å². The van der Waals surface area contributed by atoms with E-state index in [-0.39, 0.29) is 11.7 Å². The number of ether oxygens (including phenoxy) is 2. The van der Waals surface area contributed by atoms with Gasteiger partial charge in [0.15, 0.2) is 5.65 Å². The van der Waals surface area contributed by atoms with E-state index in [4.69, 9.17) is 14.6 Å². The molecule has 2 aromatic carbocycles. The molecule has 5 rings (SSSR count). The molecule has 0 bridgehead atoms. The van der Waals surface area contributed by atoms with Gasteiger partial charge < -0.3 is 25.2 Å². The summed E-state index contributed by atoms with van der Waals surface area (Å²) < 4.78 is 13.3. The van der Waals surface area contributed by atoms with Crippen LogP contribution in [0.15, 0.2) is 54.7 Å². The Labute approximate surface area is 215 Å².